The first-order valence-electron chi connectivity index (χ1n) is 9.43. The molecule has 2 saturated heterocycles. The molecule has 3 heterocycles. The standard InChI is InChI=1S/C18H30N6S/c1-13-9-14(2)12-24(11-13)16-10-15(23-7-5-4-6-8-23)20-17(21-16)22-18(25)19-3/h10,13-14H,4-9,11-12H2,1-3H3,(H2,19,20,21,22,25)/t13-,14-/m1/s1. The van der Waals surface area contributed by atoms with Crippen molar-refractivity contribution in [1.29, 1.82) is 0 Å². The van der Waals surface area contributed by atoms with Gasteiger partial charge in [0.2, 0.25) is 5.95 Å². The van der Waals surface area contributed by atoms with Gasteiger partial charge in [0.1, 0.15) is 11.6 Å². The molecule has 0 spiro atoms. The van der Waals surface area contributed by atoms with Crippen molar-refractivity contribution in [3.05, 3.63) is 6.07 Å². The number of nitrogens with one attached hydrogen (secondary N) is 2. The summed E-state index contributed by atoms with van der Waals surface area (Å²) in [6, 6.07) is 2.16. The van der Waals surface area contributed by atoms with Crippen LogP contribution in [-0.2, 0) is 0 Å². The third kappa shape index (κ3) is 4.71. The number of rotatable bonds is 3. The first-order valence-corrected chi connectivity index (χ1v) is 9.83. The zero-order chi connectivity index (χ0) is 17.8. The van der Waals surface area contributed by atoms with E-state index < -0.39 is 0 Å². The van der Waals surface area contributed by atoms with E-state index in [1.54, 1.807) is 7.05 Å². The minimum atomic E-state index is 0.544. The second kappa shape index (κ2) is 8.17. The van der Waals surface area contributed by atoms with E-state index >= 15 is 0 Å². The van der Waals surface area contributed by atoms with Crippen molar-refractivity contribution >= 4 is 34.9 Å². The SMILES string of the molecule is CNC(=S)Nc1nc(N2CCCCC2)cc(N2C[C@H](C)C[C@@H](C)C2)n1. The van der Waals surface area contributed by atoms with E-state index in [0.717, 1.165) is 37.8 Å². The van der Waals surface area contributed by atoms with E-state index in [-0.39, 0.29) is 0 Å². The molecule has 2 fully saturated rings. The molecular formula is C18H30N6S. The zero-order valence-corrected chi connectivity index (χ0v) is 16.4. The maximum atomic E-state index is 5.24. The second-order valence-electron chi connectivity index (χ2n) is 7.51. The molecule has 2 aliphatic heterocycles. The van der Waals surface area contributed by atoms with Gasteiger partial charge in [0.05, 0.1) is 0 Å². The number of hydrogen-bond acceptors (Lipinski definition) is 5. The average molecular weight is 363 g/mol. The van der Waals surface area contributed by atoms with E-state index in [9.17, 15) is 0 Å². The molecule has 0 aromatic carbocycles. The molecular weight excluding hydrogens is 332 g/mol. The van der Waals surface area contributed by atoms with Gasteiger partial charge in [-0.3, -0.25) is 0 Å². The lowest BCUT2D eigenvalue weighted by atomic mass is 9.92. The Labute approximate surface area is 156 Å². The van der Waals surface area contributed by atoms with Gasteiger partial charge in [0, 0.05) is 39.3 Å². The summed E-state index contributed by atoms with van der Waals surface area (Å²) < 4.78 is 0. The monoisotopic (exact) mass is 362 g/mol. The Kier molecular flexibility index (Phi) is 5.93. The Morgan fingerprint density at radius 2 is 1.64 bits per heavy atom. The first-order chi connectivity index (χ1) is 12.0. The van der Waals surface area contributed by atoms with E-state index in [0.29, 0.717) is 22.9 Å². The van der Waals surface area contributed by atoms with Gasteiger partial charge in [0.15, 0.2) is 5.11 Å². The molecule has 1 aromatic rings. The maximum absolute atomic E-state index is 5.24. The fourth-order valence-electron chi connectivity index (χ4n) is 3.94. The van der Waals surface area contributed by atoms with Gasteiger partial charge in [-0.15, -0.1) is 0 Å². The van der Waals surface area contributed by atoms with Crippen LogP contribution < -0.4 is 20.4 Å². The minimum absolute atomic E-state index is 0.544. The lowest BCUT2D eigenvalue weighted by molar-refractivity contribution is 0.355. The van der Waals surface area contributed by atoms with Crippen molar-refractivity contribution in [2.24, 2.45) is 11.8 Å². The molecule has 0 aliphatic carbocycles. The number of anilines is 3. The Balaban J connectivity index is 1.89. The van der Waals surface area contributed by atoms with Crippen LogP contribution in [-0.4, -0.2) is 48.3 Å². The molecule has 25 heavy (non-hydrogen) atoms. The summed E-state index contributed by atoms with van der Waals surface area (Å²) in [6.07, 6.45) is 5.06. The third-order valence-corrected chi connectivity index (χ3v) is 5.33. The van der Waals surface area contributed by atoms with E-state index in [1.165, 1.54) is 25.7 Å². The van der Waals surface area contributed by atoms with Crippen molar-refractivity contribution < 1.29 is 0 Å². The fraction of sp³-hybridized carbons (Fsp3) is 0.722. The average Bonchev–Trinajstić information content (AvgIpc) is 2.61. The number of piperidine rings is 2. The Morgan fingerprint density at radius 3 is 2.24 bits per heavy atom. The smallest absolute Gasteiger partial charge is 0.232 e. The van der Waals surface area contributed by atoms with Crippen molar-refractivity contribution in [1.82, 2.24) is 15.3 Å². The molecule has 1 aromatic heterocycles. The zero-order valence-electron chi connectivity index (χ0n) is 15.6. The quantitative estimate of drug-likeness (QED) is 0.802. The Morgan fingerprint density at radius 1 is 1.04 bits per heavy atom. The van der Waals surface area contributed by atoms with Crippen LogP contribution in [0.1, 0.15) is 39.5 Å². The highest BCUT2D eigenvalue weighted by atomic mass is 32.1. The van der Waals surface area contributed by atoms with Crippen molar-refractivity contribution in [2.45, 2.75) is 39.5 Å². The minimum Gasteiger partial charge on any atom is -0.365 e. The van der Waals surface area contributed by atoms with Crippen molar-refractivity contribution in [3.8, 4) is 0 Å². The highest BCUT2D eigenvalue weighted by Crippen LogP contribution is 2.29. The van der Waals surface area contributed by atoms with Crippen LogP contribution >= 0.6 is 12.2 Å². The number of nitrogens with zero attached hydrogens (tertiary/aromatic N) is 4. The summed E-state index contributed by atoms with van der Waals surface area (Å²) in [7, 11) is 1.80. The van der Waals surface area contributed by atoms with Gasteiger partial charge in [0.25, 0.3) is 0 Å². The van der Waals surface area contributed by atoms with Crippen LogP contribution in [0, 0.1) is 11.8 Å². The summed E-state index contributed by atoms with van der Waals surface area (Å²) in [5, 5.41) is 6.60. The Hall–Kier alpha value is -1.63. The number of hydrogen-bond donors (Lipinski definition) is 2. The van der Waals surface area contributed by atoms with Gasteiger partial charge in [-0.05, 0) is 49.7 Å². The van der Waals surface area contributed by atoms with Gasteiger partial charge in [-0.2, -0.15) is 9.97 Å². The normalized spacial score (nSPS) is 24.1. The van der Waals surface area contributed by atoms with Crippen molar-refractivity contribution in [3.63, 3.8) is 0 Å². The van der Waals surface area contributed by atoms with E-state index in [1.807, 2.05) is 0 Å². The second-order valence-corrected chi connectivity index (χ2v) is 7.92. The molecule has 2 N–H and O–H groups in total. The predicted octanol–water partition coefficient (Wildman–Crippen LogP) is 2.87. The van der Waals surface area contributed by atoms with Crippen LogP contribution in [0.25, 0.3) is 0 Å². The van der Waals surface area contributed by atoms with Crippen molar-refractivity contribution in [2.75, 3.05) is 48.3 Å². The molecule has 0 saturated carbocycles. The summed E-state index contributed by atoms with van der Waals surface area (Å²) in [5.74, 6) is 3.98. The summed E-state index contributed by atoms with van der Waals surface area (Å²) >= 11 is 5.24. The van der Waals surface area contributed by atoms with Gasteiger partial charge in [-0.25, -0.2) is 0 Å². The number of thiocarbonyl (C=S) groups is 1. The van der Waals surface area contributed by atoms with Gasteiger partial charge in [-0.1, -0.05) is 13.8 Å². The summed E-state index contributed by atoms with van der Waals surface area (Å²) in [6.45, 7) is 8.89. The predicted molar refractivity (Wildman–Crippen MR) is 109 cm³/mol. The highest BCUT2D eigenvalue weighted by Gasteiger charge is 2.24. The van der Waals surface area contributed by atoms with Crippen LogP contribution in [0.3, 0.4) is 0 Å². The summed E-state index contributed by atoms with van der Waals surface area (Å²) in [4.78, 5) is 14.3. The molecule has 2 aliphatic rings. The lowest BCUT2D eigenvalue weighted by Crippen LogP contribution is -2.39. The van der Waals surface area contributed by atoms with Crippen LogP contribution in [0.15, 0.2) is 6.07 Å². The topological polar surface area (TPSA) is 56.3 Å². The lowest BCUT2D eigenvalue weighted by Gasteiger charge is -2.36. The number of aromatic nitrogens is 2. The summed E-state index contributed by atoms with van der Waals surface area (Å²) in [5.41, 5.74) is 0. The molecule has 0 amide bonds. The van der Waals surface area contributed by atoms with Crippen LogP contribution in [0.2, 0.25) is 0 Å². The molecule has 0 radical (unpaired) electrons. The highest BCUT2D eigenvalue weighted by molar-refractivity contribution is 7.80. The molecule has 2 atom stereocenters. The van der Waals surface area contributed by atoms with Crippen LogP contribution in [0.5, 0.6) is 0 Å². The molecule has 0 bridgehead atoms. The van der Waals surface area contributed by atoms with E-state index in [4.69, 9.17) is 22.2 Å². The molecule has 0 unspecified atom stereocenters. The molecule has 6 nitrogen and oxygen atoms in total. The first kappa shape index (κ1) is 18.2. The van der Waals surface area contributed by atoms with Gasteiger partial charge < -0.3 is 20.4 Å². The van der Waals surface area contributed by atoms with E-state index in [2.05, 4.69) is 40.3 Å². The molecule has 138 valence electrons. The Bertz CT molecular complexity index is 591. The molecule has 3 rings (SSSR count). The maximum Gasteiger partial charge on any atom is 0.232 e. The molecule has 7 heteroatoms. The fourth-order valence-corrected chi connectivity index (χ4v) is 4.03. The largest absolute Gasteiger partial charge is 0.365 e. The third-order valence-electron chi connectivity index (χ3n) is 5.02. The van der Waals surface area contributed by atoms with Crippen LogP contribution in [0.4, 0.5) is 17.6 Å². The van der Waals surface area contributed by atoms with Gasteiger partial charge >= 0.3 is 0 Å².